The maximum atomic E-state index is 13.6. The Morgan fingerprint density at radius 1 is 0.895 bits per heavy atom. The number of amides is 2. The molecule has 0 aliphatic rings. The van der Waals surface area contributed by atoms with E-state index in [1.165, 1.54) is 17.2 Å². The van der Waals surface area contributed by atoms with Crippen molar-refractivity contribution in [2.45, 2.75) is 19.9 Å². The number of aromatic amines is 1. The number of ether oxygens (including phenoxy) is 1. The van der Waals surface area contributed by atoms with E-state index < -0.39 is 0 Å². The van der Waals surface area contributed by atoms with Gasteiger partial charge in [-0.15, -0.1) is 0 Å². The summed E-state index contributed by atoms with van der Waals surface area (Å²) in [4.78, 5) is 33.4. The molecule has 0 aliphatic carbocycles. The molecule has 3 aromatic carbocycles. The van der Waals surface area contributed by atoms with Crippen LogP contribution >= 0.6 is 0 Å². The summed E-state index contributed by atoms with van der Waals surface area (Å²) >= 11 is 0. The average molecular weight is 510 g/mol. The predicted octanol–water partition coefficient (Wildman–Crippen LogP) is 5.24. The Hall–Kier alpha value is -4.16. The number of H-pyrrole nitrogens is 1. The molecule has 2 amide bonds. The molecule has 0 atom stereocenters. The van der Waals surface area contributed by atoms with Crippen molar-refractivity contribution in [3.8, 4) is 0 Å². The zero-order valence-electron chi connectivity index (χ0n) is 22.1. The highest BCUT2D eigenvalue weighted by Crippen LogP contribution is 2.19. The summed E-state index contributed by atoms with van der Waals surface area (Å²) in [6.45, 7) is 3.74. The molecular formula is C32H35N3O3. The second-order valence-electron chi connectivity index (χ2n) is 9.41. The number of carbonyl (C=O) groups excluding carboxylic acids is 2. The van der Waals surface area contributed by atoms with Gasteiger partial charge in [0.2, 0.25) is 11.8 Å². The normalized spacial score (nSPS) is 11.2. The molecule has 1 N–H and O–H groups in total. The van der Waals surface area contributed by atoms with Crippen molar-refractivity contribution in [2.75, 3.05) is 33.4 Å². The number of hydrogen-bond donors (Lipinski definition) is 1. The van der Waals surface area contributed by atoms with Gasteiger partial charge in [0, 0.05) is 49.9 Å². The molecule has 4 aromatic rings. The number of aryl methyl sites for hydroxylation is 1. The van der Waals surface area contributed by atoms with E-state index in [1.807, 2.05) is 60.5 Å². The first-order valence-electron chi connectivity index (χ1n) is 12.9. The molecule has 0 saturated carbocycles. The van der Waals surface area contributed by atoms with Crippen molar-refractivity contribution in [3.05, 3.63) is 113 Å². The third-order valence-electron chi connectivity index (χ3n) is 6.59. The van der Waals surface area contributed by atoms with Crippen LogP contribution in [0, 0.1) is 6.92 Å². The first kappa shape index (κ1) is 26.9. The molecule has 6 heteroatoms. The van der Waals surface area contributed by atoms with Crippen LogP contribution in [0.4, 0.5) is 0 Å². The van der Waals surface area contributed by atoms with Crippen molar-refractivity contribution in [2.24, 2.45) is 0 Å². The minimum atomic E-state index is -0.217. The van der Waals surface area contributed by atoms with Crippen molar-refractivity contribution in [1.29, 1.82) is 0 Å². The van der Waals surface area contributed by atoms with Gasteiger partial charge in [0.1, 0.15) is 6.54 Å². The molecule has 0 aliphatic heterocycles. The highest BCUT2D eigenvalue weighted by Gasteiger charge is 2.21. The number of nitrogens with one attached hydrogen (secondary N) is 1. The zero-order valence-corrected chi connectivity index (χ0v) is 22.1. The van der Waals surface area contributed by atoms with Crippen molar-refractivity contribution < 1.29 is 14.3 Å². The molecule has 1 aromatic heterocycles. The second-order valence-corrected chi connectivity index (χ2v) is 9.41. The zero-order chi connectivity index (χ0) is 26.7. The van der Waals surface area contributed by atoms with Gasteiger partial charge in [-0.25, -0.2) is 0 Å². The van der Waals surface area contributed by atoms with Crippen LogP contribution in [0.1, 0.15) is 22.3 Å². The highest BCUT2D eigenvalue weighted by molar-refractivity contribution is 5.94. The fourth-order valence-corrected chi connectivity index (χ4v) is 4.37. The summed E-state index contributed by atoms with van der Waals surface area (Å²) in [5.74, 6) is -0.311. The van der Waals surface area contributed by atoms with Crippen LogP contribution in [-0.4, -0.2) is 59.9 Å². The summed E-state index contributed by atoms with van der Waals surface area (Å²) < 4.78 is 5.23. The van der Waals surface area contributed by atoms with E-state index in [9.17, 15) is 9.59 Å². The van der Waals surface area contributed by atoms with Crippen LogP contribution in [0.5, 0.6) is 0 Å². The van der Waals surface area contributed by atoms with E-state index in [0.29, 0.717) is 32.7 Å². The van der Waals surface area contributed by atoms with Crippen LogP contribution in [0.15, 0.2) is 91.1 Å². The third-order valence-corrected chi connectivity index (χ3v) is 6.59. The quantitative estimate of drug-likeness (QED) is 0.266. The highest BCUT2D eigenvalue weighted by atomic mass is 16.5. The lowest BCUT2D eigenvalue weighted by Gasteiger charge is -2.27. The molecular weight excluding hydrogens is 474 g/mol. The Kier molecular flexibility index (Phi) is 9.48. The van der Waals surface area contributed by atoms with E-state index in [-0.39, 0.29) is 18.4 Å². The molecule has 6 nitrogen and oxygen atoms in total. The van der Waals surface area contributed by atoms with E-state index in [2.05, 4.69) is 41.4 Å². The monoisotopic (exact) mass is 509 g/mol. The number of aromatic nitrogens is 1. The van der Waals surface area contributed by atoms with Crippen molar-refractivity contribution in [1.82, 2.24) is 14.8 Å². The standard InChI is InChI=1S/C32H35N3O3/c1-25-12-14-27(15-13-25)23-34(19-18-28-22-33-30-11-7-6-10-29(28)30)32(37)24-35(20-21-38-2)31(36)17-16-26-8-4-3-5-9-26/h3-17,22,33H,18-21,23-24H2,1-2H3/b17-16+. The molecule has 0 unspecified atom stereocenters. The largest absolute Gasteiger partial charge is 0.383 e. The summed E-state index contributed by atoms with van der Waals surface area (Å²) in [5.41, 5.74) is 5.41. The van der Waals surface area contributed by atoms with Crippen LogP contribution < -0.4 is 0 Å². The Morgan fingerprint density at radius 2 is 1.63 bits per heavy atom. The van der Waals surface area contributed by atoms with Gasteiger partial charge in [0.15, 0.2) is 0 Å². The molecule has 0 radical (unpaired) electrons. The van der Waals surface area contributed by atoms with Gasteiger partial charge in [0.25, 0.3) is 0 Å². The molecule has 196 valence electrons. The van der Waals surface area contributed by atoms with Gasteiger partial charge < -0.3 is 19.5 Å². The van der Waals surface area contributed by atoms with Gasteiger partial charge in [0.05, 0.1) is 6.61 Å². The Balaban J connectivity index is 1.50. The van der Waals surface area contributed by atoms with Gasteiger partial charge in [-0.05, 0) is 42.2 Å². The lowest BCUT2D eigenvalue weighted by Crippen LogP contribution is -2.44. The van der Waals surface area contributed by atoms with Crippen molar-refractivity contribution >= 4 is 28.8 Å². The van der Waals surface area contributed by atoms with E-state index in [0.717, 1.165) is 22.0 Å². The molecule has 1 heterocycles. The van der Waals surface area contributed by atoms with Crippen LogP contribution in [0.3, 0.4) is 0 Å². The number of nitrogens with zero attached hydrogens (tertiary/aromatic N) is 2. The number of hydrogen-bond acceptors (Lipinski definition) is 3. The minimum Gasteiger partial charge on any atom is -0.383 e. The number of rotatable bonds is 12. The molecule has 0 spiro atoms. The first-order valence-corrected chi connectivity index (χ1v) is 12.9. The number of fused-ring (bicyclic) bond motifs is 1. The first-order chi connectivity index (χ1) is 18.5. The fraction of sp³-hybridized carbons (Fsp3) is 0.250. The Morgan fingerprint density at radius 3 is 2.39 bits per heavy atom. The summed E-state index contributed by atoms with van der Waals surface area (Å²) in [5, 5.41) is 1.16. The van der Waals surface area contributed by atoms with Crippen LogP contribution in [0.2, 0.25) is 0 Å². The maximum Gasteiger partial charge on any atom is 0.247 e. The van der Waals surface area contributed by atoms with Gasteiger partial charge >= 0.3 is 0 Å². The predicted molar refractivity (Wildman–Crippen MR) is 153 cm³/mol. The van der Waals surface area contributed by atoms with Crippen LogP contribution in [-0.2, 0) is 27.3 Å². The summed E-state index contributed by atoms with van der Waals surface area (Å²) in [6.07, 6.45) is 6.02. The summed E-state index contributed by atoms with van der Waals surface area (Å²) in [6, 6.07) is 26.0. The topological polar surface area (TPSA) is 65.6 Å². The smallest absolute Gasteiger partial charge is 0.247 e. The number of benzene rings is 3. The Labute approximate surface area is 224 Å². The molecule has 0 fully saturated rings. The number of methoxy groups -OCH3 is 1. The minimum absolute atomic E-state index is 0.0128. The Bertz CT molecular complexity index is 1360. The molecule has 38 heavy (non-hydrogen) atoms. The SMILES string of the molecule is COCCN(CC(=O)N(CCc1c[nH]c2ccccc12)Cc1ccc(C)cc1)C(=O)/C=C/c1ccccc1. The lowest BCUT2D eigenvalue weighted by molar-refractivity contribution is -0.139. The third kappa shape index (κ3) is 7.43. The van der Waals surface area contributed by atoms with E-state index in [1.54, 1.807) is 18.1 Å². The molecule has 4 rings (SSSR count). The average Bonchev–Trinajstić information content (AvgIpc) is 3.36. The summed E-state index contributed by atoms with van der Waals surface area (Å²) in [7, 11) is 1.59. The van der Waals surface area contributed by atoms with E-state index in [4.69, 9.17) is 4.74 Å². The second kappa shape index (κ2) is 13.4. The lowest BCUT2D eigenvalue weighted by atomic mass is 10.1. The number of carbonyl (C=O) groups is 2. The van der Waals surface area contributed by atoms with Gasteiger partial charge in [-0.2, -0.15) is 0 Å². The van der Waals surface area contributed by atoms with Gasteiger partial charge in [-0.3, -0.25) is 9.59 Å². The van der Waals surface area contributed by atoms with Crippen LogP contribution in [0.25, 0.3) is 17.0 Å². The number of para-hydroxylation sites is 1. The fourth-order valence-electron chi connectivity index (χ4n) is 4.37. The molecule has 0 bridgehead atoms. The van der Waals surface area contributed by atoms with Crippen molar-refractivity contribution in [3.63, 3.8) is 0 Å². The van der Waals surface area contributed by atoms with Gasteiger partial charge in [-0.1, -0.05) is 78.4 Å². The maximum absolute atomic E-state index is 13.6. The van der Waals surface area contributed by atoms with E-state index >= 15 is 0 Å². The molecule has 0 saturated heterocycles.